The number of halogens is 1. The molecule has 0 N–H and O–H groups in total. The largest absolute Gasteiger partial charge is 0.338 e. The smallest absolute Gasteiger partial charge is 0.210 e. The Hall–Kier alpha value is -1.09. The van der Waals surface area contributed by atoms with Crippen LogP contribution in [0.1, 0.15) is 30.9 Å². The fraction of sp³-hybridized carbons (Fsp3) is 0.455. The molecule has 1 aromatic heterocycles. The summed E-state index contributed by atoms with van der Waals surface area (Å²) in [6, 6.07) is 3.90. The van der Waals surface area contributed by atoms with E-state index in [9.17, 15) is 4.79 Å². The van der Waals surface area contributed by atoms with Gasteiger partial charge in [-0.25, -0.2) is 4.98 Å². The molecule has 1 saturated heterocycles. The van der Waals surface area contributed by atoms with Gasteiger partial charge in [0.05, 0.1) is 6.04 Å². The monoisotopic (exact) mass is 224 g/mol. The van der Waals surface area contributed by atoms with E-state index in [4.69, 9.17) is 11.6 Å². The van der Waals surface area contributed by atoms with E-state index in [0.29, 0.717) is 5.15 Å². The summed E-state index contributed by atoms with van der Waals surface area (Å²) in [7, 11) is 0. The van der Waals surface area contributed by atoms with E-state index in [2.05, 4.69) is 4.98 Å². The van der Waals surface area contributed by atoms with Gasteiger partial charge in [-0.15, -0.1) is 0 Å². The molecule has 0 radical (unpaired) electrons. The fourth-order valence-electron chi connectivity index (χ4n) is 2.02. The zero-order valence-electron chi connectivity index (χ0n) is 8.40. The van der Waals surface area contributed by atoms with Crippen molar-refractivity contribution in [3.63, 3.8) is 0 Å². The Morgan fingerprint density at radius 3 is 3.00 bits per heavy atom. The lowest BCUT2D eigenvalue weighted by Gasteiger charge is -2.32. The second kappa shape index (κ2) is 4.62. The third-order valence-corrected chi connectivity index (χ3v) is 3.04. The van der Waals surface area contributed by atoms with Crippen LogP contribution < -0.4 is 0 Å². The Bertz CT molecular complexity index is 339. The van der Waals surface area contributed by atoms with Crippen molar-refractivity contribution in [1.82, 2.24) is 9.88 Å². The van der Waals surface area contributed by atoms with E-state index in [0.717, 1.165) is 37.8 Å². The first kappa shape index (κ1) is 10.4. The minimum atomic E-state index is 0.181. The molecule has 4 heteroatoms. The highest BCUT2D eigenvalue weighted by atomic mass is 35.5. The lowest BCUT2D eigenvalue weighted by molar-refractivity contribution is -0.121. The van der Waals surface area contributed by atoms with Gasteiger partial charge in [0.2, 0.25) is 6.41 Å². The average molecular weight is 225 g/mol. The number of carbonyl (C=O) groups excluding carboxylic acids is 1. The first-order valence-electron chi connectivity index (χ1n) is 5.14. The van der Waals surface area contributed by atoms with Gasteiger partial charge >= 0.3 is 0 Å². The summed E-state index contributed by atoms with van der Waals surface area (Å²) in [5.41, 5.74) is 1.08. The highest BCUT2D eigenvalue weighted by Crippen LogP contribution is 2.29. The number of hydrogen-bond donors (Lipinski definition) is 0. The lowest BCUT2D eigenvalue weighted by atomic mass is 9.97. The van der Waals surface area contributed by atoms with Crippen molar-refractivity contribution in [3.8, 4) is 0 Å². The molecule has 1 amide bonds. The summed E-state index contributed by atoms with van der Waals surface area (Å²) in [4.78, 5) is 16.8. The molecule has 0 aliphatic carbocycles. The predicted octanol–water partition coefficient (Wildman–Crippen LogP) is 2.42. The maximum Gasteiger partial charge on any atom is 0.210 e. The highest BCUT2D eigenvalue weighted by Gasteiger charge is 2.22. The van der Waals surface area contributed by atoms with Crippen molar-refractivity contribution in [2.75, 3.05) is 6.54 Å². The highest BCUT2D eigenvalue weighted by molar-refractivity contribution is 6.29. The normalized spacial score (nSPS) is 21.4. The molecule has 1 aliphatic rings. The molecule has 0 aromatic carbocycles. The minimum Gasteiger partial charge on any atom is -0.338 e. The molecule has 0 saturated carbocycles. The lowest BCUT2D eigenvalue weighted by Crippen LogP contribution is -2.32. The van der Waals surface area contributed by atoms with Crippen LogP contribution in [-0.2, 0) is 4.79 Å². The first-order chi connectivity index (χ1) is 7.31. The van der Waals surface area contributed by atoms with Crippen LogP contribution in [0.4, 0.5) is 0 Å². The number of likely N-dealkylation sites (tertiary alicyclic amines) is 1. The van der Waals surface area contributed by atoms with E-state index < -0.39 is 0 Å². The van der Waals surface area contributed by atoms with E-state index in [1.807, 2.05) is 11.0 Å². The molecule has 1 fully saturated rings. The van der Waals surface area contributed by atoms with Crippen LogP contribution in [-0.4, -0.2) is 22.8 Å². The fourth-order valence-corrected chi connectivity index (χ4v) is 2.13. The van der Waals surface area contributed by atoms with Crippen LogP contribution in [0.5, 0.6) is 0 Å². The number of carbonyl (C=O) groups is 1. The summed E-state index contributed by atoms with van der Waals surface area (Å²) >= 11 is 5.73. The van der Waals surface area contributed by atoms with E-state index in [1.54, 1.807) is 12.3 Å². The third kappa shape index (κ3) is 2.29. The van der Waals surface area contributed by atoms with Crippen molar-refractivity contribution >= 4 is 18.0 Å². The van der Waals surface area contributed by atoms with Crippen molar-refractivity contribution in [3.05, 3.63) is 29.0 Å². The number of amides is 1. The van der Waals surface area contributed by atoms with Crippen molar-refractivity contribution in [1.29, 1.82) is 0 Å². The van der Waals surface area contributed by atoms with Gasteiger partial charge in [-0.1, -0.05) is 17.7 Å². The molecule has 1 atom stereocenters. The number of hydrogen-bond acceptors (Lipinski definition) is 2. The summed E-state index contributed by atoms with van der Waals surface area (Å²) < 4.78 is 0. The quantitative estimate of drug-likeness (QED) is 0.571. The average Bonchev–Trinajstić information content (AvgIpc) is 2.30. The molecule has 80 valence electrons. The molecule has 0 spiro atoms. The Morgan fingerprint density at radius 1 is 1.47 bits per heavy atom. The molecule has 3 nitrogen and oxygen atoms in total. The molecule has 0 unspecified atom stereocenters. The van der Waals surface area contributed by atoms with Crippen LogP contribution in [0.2, 0.25) is 5.15 Å². The molecule has 15 heavy (non-hydrogen) atoms. The van der Waals surface area contributed by atoms with Crippen molar-refractivity contribution in [2.45, 2.75) is 25.3 Å². The SMILES string of the molecule is O=CN1CCCC[C@H]1c1ccc(Cl)nc1. The van der Waals surface area contributed by atoms with Gasteiger partial charge in [-0.2, -0.15) is 0 Å². The molecule has 0 bridgehead atoms. The first-order valence-corrected chi connectivity index (χ1v) is 5.51. The van der Waals surface area contributed by atoms with Crippen molar-refractivity contribution < 1.29 is 4.79 Å². The molecular formula is C11H13ClN2O. The molecule has 1 aliphatic heterocycles. The zero-order valence-corrected chi connectivity index (χ0v) is 9.15. The second-order valence-electron chi connectivity index (χ2n) is 3.77. The van der Waals surface area contributed by atoms with Crippen molar-refractivity contribution in [2.24, 2.45) is 0 Å². The molecular weight excluding hydrogens is 212 g/mol. The van der Waals surface area contributed by atoms with E-state index >= 15 is 0 Å². The Kier molecular flexibility index (Phi) is 3.21. The topological polar surface area (TPSA) is 33.2 Å². The second-order valence-corrected chi connectivity index (χ2v) is 4.16. The Balaban J connectivity index is 2.20. The Morgan fingerprint density at radius 2 is 2.33 bits per heavy atom. The van der Waals surface area contributed by atoms with Gasteiger partial charge in [-0.05, 0) is 30.9 Å². The van der Waals surface area contributed by atoms with Crippen LogP contribution in [0, 0.1) is 0 Å². The third-order valence-electron chi connectivity index (χ3n) is 2.81. The molecule has 1 aromatic rings. The molecule has 2 rings (SSSR count). The maximum absolute atomic E-state index is 10.9. The van der Waals surface area contributed by atoms with E-state index in [-0.39, 0.29) is 6.04 Å². The zero-order chi connectivity index (χ0) is 10.7. The van der Waals surface area contributed by atoms with Crippen LogP contribution >= 0.6 is 11.6 Å². The Labute approximate surface area is 94.1 Å². The summed E-state index contributed by atoms with van der Waals surface area (Å²) in [6.07, 6.45) is 5.96. The van der Waals surface area contributed by atoms with Crippen LogP contribution in [0.15, 0.2) is 18.3 Å². The summed E-state index contributed by atoms with van der Waals surface area (Å²) in [6.45, 7) is 0.844. The summed E-state index contributed by atoms with van der Waals surface area (Å²) in [5.74, 6) is 0. The number of nitrogens with zero attached hydrogens (tertiary/aromatic N) is 2. The maximum atomic E-state index is 10.9. The van der Waals surface area contributed by atoms with Crippen LogP contribution in [0.25, 0.3) is 0 Å². The van der Waals surface area contributed by atoms with Gasteiger partial charge in [-0.3, -0.25) is 4.79 Å². The standard InChI is InChI=1S/C11H13ClN2O/c12-11-5-4-9(7-13-11)10-3-1-2-6-14(10)8-15/h4-5,7-8,10H,1-3,6H2/t10-/m0/s1. The van der Waals surface area contributed by atoms with Gasteiger partial charge in [0.15, 0.2) is 0 Å². The van der Waals surface area contributed by atoms with Gasteiger partial charge < -0.3 is 4.90 Å². The number of aromatic nitrogens is 1. The summed E-state index contributed by atoms with van der Waals surface area (Å²) in [5, 5.41) is 0.493. The molecule has 2 heterocycles. The number of piperidine rings is 1. The predicted molar refractivity (Wildman–Crippen MR) is 58.6 cm³/mol. The number of pyridine rings is 1. The minimum absolute atomic E-state index is 0.181. The van der Waals surface area contributed by atoms with Gasteiger partial charge in [0.1, 0.15) is 5.15 Å². The van der Waals surface area contributed by atoms with Crippen LogP contribution in [0.3, 0.4) is 0 Å². The van der Waals surface area contributed by atoms with E-state index in [1.165, 1.54) is 0 Å². The van der Waals surface area contributed by atoms with Gasteiger partial charge in [0, 0.05) is 12.7 Å². The number of rotatable bonds is 2. The van der Waals surface area contributed by atoms with Gasteiger partial charge in [0.25, 0.3) is 0 Å².